The summed E-state index contributed by atoms with van der Waals surface area (Å²) in [6, 6.07) is 7.30. The molecule has 2 aliphatic heterocycles. The zero-order chi connectivity index (χ0) is 19.3. The fourth-order valence-electron chi connectivity index (χ4n) is 3.80. The minimum absolute atomic E-state index is 0.394. The van der Waals surface area contributed by atoms with E-state index in [1.54, 1.807) is 23.5 Å². The highest BCUT2D eigenvalue weighted by Gasteiger charge is 2.26. The van der Waals surface area contributed by atoms with Crippen molar-refractivity contribution >= 4 is 16.0 Å². The topological polar surface area (TPSA) is 65.0 Å². The van der Waals surface area contributed by atoms with Crippen molar-refractivity contribution in [2.75, 3.05) is 33.2 Å². The van der Waals surface area contributed by atoms with Gasteiger partial charge < -0.3 is 10.2 Å². The van der Waals surface area contributed by atoms with Crippen LogP contribution in [0.15, 0.2) is 34.2 Å². The molecule has 27 heavy (non-hydrogen) atoms. The predicted molar refractivity (Wildman–Crippen MR) is 109 cm³/mol. The molecular weight excluding hydrogens is 360 g/mol. The first-order valence-corrected chi connectivity index (χ1v) is 11.5. The van der Waals surface area contributed by atoms with Crippen molar-refractivity contribution in [2.45, 2.75) is 50.5 Å². The van der Waals surface area contributed by atoms with Crippen LogP contribution in [0, 0.1) is 5.92 Å². The number of nitrogens with zero attached hydrogens (tertiary/aromatic N) is 3. The van der Waals surface area contributed by atoms with Crippen LogP contribution in [0.3, 0.4) is 0 Å². The lowest BCUT2D eigenvalue weighted by Gasteiger charge is -2.33. The Hall–Kier alpha value is -1.60. The number of sulfonamides is 1. The smallest absolute Gasteiger partial charge is 0.243 e. The average molecular weight is 393 g/mol. The van der Waals surface area contributed by atoms with Gasteiger partial charge in [-0.3, -0.25) is 4.99 Å². The van der Waals surface area contributed by atoms with Crippen molar-refractivity contribution < 1.29 is 8.42 Å². The van der Waals surface area contributed by atoms with Gasteiger partial charge in [0.1, 0.15) is 0 Å². The lowest BCUT2D eigenvalue weighted by atomic mass is 10.00. The van der Waals surface area contributed by atoms with E-state index in [0.29, 0.717) is 24.5 Å². The van der Waals surface area contributed by atoms with Gasteiger partial charge >= 0.3 is 0 Å². The number of rotatable bonds is 4. The highest BCUT2D eigenvalue weighted by molar-refractivity contribution is 7.89. The summed E-state index contributed by atoms with van der Waals surface area (Å²) >= 11 is 0. The van der Waals surface area contributed by atoms with Crippen molar-refractivity contribution in [3.63, 3.8) is 0 Å². The van der Waals surface area contributed by atoms with Gasteiger partial charge in [-0.25, -0.2) is 8.42 Å². The molecule has 3 rings (SSSR count). The molecule has 2 saturated heterocycles. The lowest BCUT2D eigenvalue weighted by Crippen LogP contribution is -2.45. The van der Waals surface area contributed by atoms with E-state index in [2.05, 4.69) is 22.1 Å². The molecule has 150 valence electrons. The van der Waals surface area contributed by atoms with Crippen LogP contribution in [0.1, 0.15) is 44.6 Å². The van der Waals surface area contributed by atoms with Crippen LogP contribution in [0.5, 0.6) is 0 Å². The number of nitrogens with one attached hydrogen (secondary N) is 1. The second kappa shape index (κ2) is 9.06. The summed E-state index contributed by atoms with van der Waals surface area (Å²) in [5.41, 5.74) is 0.958. The van der Waals surface area contributed by atoms with Crippen molar-refractivity contribution in [1.29, 1.82) is 0 Å². The second-order valence-corrected chi connectivity index (χ2v) is 9.62. The normalized spacial score (nSPS) is 20.7. The quantitative estimate of drug-likeness (QED) is 0.632. The summed E-state index contributed by atoms with van der Waals surface area (Å²) in [6.45, 7) is 6.16. The lowest BCUT2D eigenvalue weighted by molar-refractivity contribution is 0.273. The summed E-state index contributed by atoms with van der Waals surface area (Å²) in [6.07, 6.45) is 5.38. The van der Waals surface area contributed by atoms with Crippen molar-refractivity contribution in [2.24, 2.45) is 10.9 Å². The van der Waals surface area contributed by atoms with E-state index >= 15 is 0 Å². The Kier molecular flexibility index (Phi) is 6.76. The summed E-state index contributed by atoms with van der Waals surface area (Å²) < 4.78 is 27.4. The maximum atomic E-state index is 12.9. The van der Waals surface area contributed by atoms with Crippen LogP contribution < -0.4 is 5.32 Å². The van der Waals surface area contributed by atoms with Crippen LogP contribution in [0.25, 0.3) is 0 Å². The molecule has 1 aromatic carbocycles. The molecule has 2 fully saturated rings. The van der Waals surface area contributed by atoms with E-state index < -0.39 is 10.0 Å². The molecule has 0 atom stereocenters. The van der Waals surface area contributed by atoms with Gasteiger partial charge in [0.15, 0.2) is 5.96 Å². The zero-order valence-electron chi connectivity index (χ0n) is 16.5. The third-order valence-electron chi connectivity index (χ3n) is 5.60. The first-order chi connectivity index (χ1) is 13.0. The first-order valence-electron chi connectivity index (χ1n) is 10.1. The number of hydrogen-bond acceptors (Lipinski definition) is 3. The van der Waals surface area contributed by atoms with Crippen molar-refractivity contribution in [3.8, 4) is 0 Å². The van der Waals surface area contributed by atoms with E-state index in [1.807, 2.05) is 12.1 Å². The van der Waals surface area contributed by atoms with Gasteiger partial charge in [0, 0.05) is 39.8 Å². The second-order valence-electron chi connectivity index (χ2n) is 7.68. The molecule has 0 saturated carbocycles. The molecule has 1 aromatic rings. The first kappa shape index (κ1) is 20.1. The molecule has 0 unspecified atom stereocenters. The minimum atomic E-state index is -3.39. The number of hydrogen-bond donors (Lipinski definition) is 1. The molecule has 7 heteroatoms. The Balaban J connectivity index is 1.65. The van der Waals surface area contributed by atoms with Gasteiger partial charge in [-0.2, -0.15) is 4.31 Å². The van der Waals surface area contributed by atoms with E-state index in [0.717, 1.165) is 49.8 Å². The zero-order valence-corrected chi connectivity index (χ0v) is 17.3. The maximum Gasteiger partial charge on any atom is 0.243 e. The SMILES string of the molecule is CN=C(NCc1cccc(S(=O)(=O)N2CCCCC2)c1)N1CCC(C)CC1. The molecule has 0 spiro atoms. The Morgan fingerprint density at radius 2 is 1.85 bits per heavy atom. The third-order valence-corrected chi connectivity index (χ3v) is 7.49. The fourth-order valence-corrected chi connectivity index (χ4v) is 5.39. The summed E-state index contributed by atoms with van der Waals surface area (Å²) in [7, 11) is -1.59. The standard InChI is InChI=1S/C20H32N4O2S/c1-17-9-13-23(14-10-17)20(21-2)22-16-18-7-6-8-19(15-18)27(25,26)24-11-4-3-5-12-24/h6-8,15,17H,3-5,9-14,16H2,1-2H3,(H,21,22). The largest absolute Gasteiger partial charge is 0.352 e. The van der Waals surface area contributed by atoms with Gasteiger partial charge in [-0.05, 0) is 49.3 Å². The molecule has 2 aliphatic rings. The van der Waals surface area contributed by atoms with Crippen LogP contribution >= 0.6 is 0 Å². The van der Waals surface area contributed by atoms with Crippen LogP contribution in [0.2, 0.25) is 0 Å². The van der Waals surface area contributed by atoms with E-state index in [4.69, 9.17) is 0 Å². The Morgan fingerprint density at radius 3 is 2.52 bits per heavy atom. The van der Waals surface area contributed by atoms with Gasteiger partial charge in [0.25, 0.3) is 0 Å². The molecule has 0 radical (unpaired) electrons. The van der Waals surface area contributed by atoms with Crippen LogP contribution in [-0.2, 0) is 16.6 Å². The summed E-state index contributed by atoms with van der Waals surface area (Å²) in [4.78, 5) is 7.08. The molecule has 2 heterocycles. The molecular formula is C20H32N4O2S. The third kappa shape index (κ3) is 5.02. The van der Waals surface area contributed by atoms with Gasteiger partial charge in [0.05, 0.1) is 4.90 Å². The molecule has 0 aromatic heterocycles. The Morgan fingerprint density at radius 1 is 1.15 bits per heavy atom. The molecule has 0 bridgehead atoms. The van der Waals surface area contributed by atoms with Crippen LogP contribution in [-0.4, -0.2) is 56.8 Å². The van der Waals surface area contributed by atoms with Crippen molar-refractivity contribution in [1.82, 2.24) is 14.5 Å². The minimum Gasteiger partial charge on any atom is -0.352 e. The Labute approximate surface area is 163 Å². The van der Waals surface area contributed by atoms with E-state index in [-0.39, 0.29) is 0 Å². The maximum absolute atomic E-state index is 12.9. The highest BCUT2D eigenvalue weighted by atomic mass is 32.2. The summed E-state index contributed by atoms with van der Waals surface area (Å²) in [5, 5.41) is 3.40. The van der Waals surface area contributed by atoms with Gasteiger partial charge in [0.2, 0.25) is 10.0 Å². The molecule has 6 nitrogen and oxygen atoms in total. The predicted octanol–water partition coefficient (Wildman–Crippen LogP) is 2.67. The Bertz CT molecular complexity index is 749. The number of aliphatic imine (C=N–C) groups is 1. The number of piperidine rings is 2. The van der Waals surface area contributed by atoms with Gasteiger partial charge in [-0.15, -0.1) is 0 Å². The monoisotopic (exact) mass is 392 g/mol. The average Bonchev–Trinajstić information content (AvgIpc) is 2.70. The van der Waals surface area contributed by atoms with Crippen molar-refractivity contribution in [3.05, 3.63) is 29.8 Å². The fraction of sp³-hybridized carbons (Fsp3) is 0.650. The summed E-state index contributed by atoms with van der Waals surface area (Å²) in [5.74, 6) is 1.67. The molecule has 0 aliphatic carbocycles. The van der Waals surface area contributed by atoms with Gasteiger partial charge in [-0.1, -0.05) is 25.5 Å². The van der Waals surface area contributed by atoms with E-state index in [9.17, 15) is 8.42 Å². The number of guanidine groups is 1. The van der Waals surface area contributed by atoms with Crippen LogP contribution in [0.4, 0.5) is 0 Å². The highest BCUT2D eigenvalue weighted by Crippen LogP contribution is 2.21. The molecule has 1 N–H and O–H groups in total. The number of likely N-dealkylation sites (tertiary alicyclic amines) is 1. The number of benzene rings is 1. The van der Waals surface area contributed by atoms with E-state index in [1.165, 1.54) is 12.8 Å². The molecule has 0 amide bonds.